The van der Waals surface area contributed by atoms with E-state index in [0.717, 1.165) is 11.3 Å². The van der Waals surface area contributed by atoms with Crippen molar-refractivity contribution in [3.05, 3.63) is 17.5 Å². The van der Waals surface area contributed by atoms with Gasteiger partial charge in [-0.2, -0.15) is 13.2 Å². The largest absolute Gasteiger partial charge is 0.391 e. The molecule has 1 fully saturated rings. The van der Waals surface area contributed by atoms with Gasteiger partial charge < -0.3 is 0 Å². The second-order valence-corrected chi connectivity index (χ2v) is 7.54. The van der Waals surface area contributed by atoms with Gasteiger partial charge in [0.15, 0.2) is 0 Å². The summed E-state index contributed by atoms with van der Waals surface area (Å²) in [5.74, 6) is -1.41. The van der Waals surface area contributed by atoms with E-state index in [1.165, 1.54) is 6.07 Å². The van der Waals surface area contributed by atoms with Crippen molar-refractivity contribution in [3.63, 3.8) is 0 Å². The number of alkyl halides is 3. The third kappa shape index (κ3) is 3.70. The van der Waals surface area contributed by atoms with Gasteiger partial charge in [-0.25, -0.2) is 13.1 Å². The van der Waals surface area contributed by atoms with Crippen LogP contribution in [0.5, 0.6) is 0 Å². The van der Waals surface area contributed by atoms with Gasteiger partial charge in [-0.1, -0.05) is 12.5 Å². The van der Waals surface area contributed by atoms with Crippen LogP contribution in [0.1, 0.15) is 25.7 Å². The van der Waals surface area contributed by atoms with Gasteiger partial charge in [-0.05, 0) is 30.7 Å². The minimum atomic E-state index is -4.24. The molecule has 3 nitrogen and oxygen atoms in total. The van der Waals surface area contributed by atoms with Gasteiger partial charge in [-0.3, -0.25) is 0 Å². The Morgan fingerprint density at radius 3 is 2.63 bits per heavy atom. The van der Waals surface area contributed by atoms with E-state index in [9.17, 15) is 21.6 Å². The maximum Gasteiger partial charge on any atom is 0.391 e. The predicted molar refractivity (Wildman–Crippen MR) is 66.4 cm³/mol. The van der Waals surface area contributed by atoms with Crippen molar-refractivity contribution in [2.45, 2.75) is 42.1 Å². The Kier molecular flexibility index (Phi) is 4.22. The molecule has 2 rings (SSSR count). The fraction of sp³-hybridized carbons (Fsp3) is 0.636. The normalized spacial score (nSPS) is 25.4. The molecule has 0 bridgehead atoms. The number of sulfonamides is 1. The molecule has 8 heteroatoms. The lowest BCUT2D eigenvalue weighted by molar-refractivity contribution is -0.183. The van der Waals surface area contributed by atoms with Gasteiger partial charge in [0.05, 0.1) is 5.92 Å². The van der Waals surface area contributed by atoms with E-state index in [0.29, 0.717) is 12.8 Å². The van der Waals surface area contributed by atoms with Crippen molar-refractivity contribution in [2.24, 2.45) is 5.92 Å². The summed E-state index contributed by atoms with van der Waals surface area (Å²) in [4.78, 5) is 0. The average molecular weight is 313 g/mol. The first-order valence-electron chi connectivity index (χ1n) is 5.91. The summed E-state index contributed by atoms with van der Waals surface area (Å²) in [7, 11) is -3.68. The van der Waals surface area contributed by atoms with Crippen LogP contribution < -0.4 is 4.72 Å². The molecule has 0 saturated heterocycles. The molecular formula is C11H14F3NO2S2. The lowest BCUT2D eigenvalue weighted by Gasteiger charge is -2.30. The summed E-state index contributed by atoms with van der Waals surface area (Å²) in [6.45, 7) is 0. The number of nitrogens with one attached hydrogen (secondary N) is 1. The lowest BCUT2D eigenvalue weighted by atomic mass is 9.86. The molecule has 1 aromatic rings. The number of rotatable bonds is 3. The maximum absolute atomic E-state index is 12.6. The fourth-order valence-electron chi connectivity index (χ4n) is 2.29. The summed E-state index contributed by atoms with van der Waals surface area (Å²) in [5, 5.41) is 1.62. The average Bonchev–Trinajstić information content (AvgIpc) is 2.81. The second-order valence-electron chi connectivity index (χ2n) is 4.66. The highest BCUT2D eigenvalue weighted by atomic mass is 32.2. The van der Waals surface area contributed by atoms with Gasteiger partial charge >= 0.3 is 6.18 Å². The van der Waals surface area contributed by atoms with Crippen LogP contribution in [0.15, 0.2) is 21.7 Å². The molecule has 1 aliphatic rings. The standard InChI is InChI=1S/C11H14F3NO2S2/c12-11(13,14)8-3-1-4-9(7-8)15-19(16,17)10-5-2-6-18-10/h2,5-6,8-9,15H,1,3-4,7H2/t8-,9-/m0/s1. The molecular weight excluding hydrogens is 299 g/mol. The van der Waals surface area contributed by atoms with Gasteiger partial charge in [0, 0.05) is 6.04 Å². The van der Waals surface area contributed by atoms with Gasteiger partial charge in [0.2, 0.25) is 10.0 Å². The Bertz CT molecular complexity index is 511. The van der Waals surface area contributed by atoms with Crippen molar-refractivity contribution in [2.75, 3.05) is 0 Å². The van der Waals surface area contributed by atoms with Crippen molar-refractivity contribution in [3.8, 4) is 0 Å². The van der Waals surface area contributed by atoms with Crippen molar-refractivity contribution >= 4 is 21.4 Å². The highest BCUT2D eigenvalue weighted by molar-refractivity contribution is 7.91. The summed E-state index contributed by atoms with van der Waals surface area (Å²) >= 11 is 1.05. The Morgan fingerprint density at radius 1 is 1.32 bits per heavy atom. The SMILES string of the molecule is O=S(=O)(N[C@H]1CCC[C@H](C(F)(F)F)C1)c1cccs1. The molecule has 1 saturated carbocycles. The number of hydrogen-bond acceptors (Lipinski definition) is 3. The van der Waals surface area contributed by atoms with E-state index in [-0.39, 0.29) is 17.1 Å². The predicted octanol–water partition coefficient (Wildman–Crippen LogP) is 3.15. The van der Waals surface area contributed by atoms with Gasteiger partial charge in [0.1, 0.15) is 4.21 Å². The first-order valence-corrected chi connectivity index (χ1v) is 8.28. The quantitative estimate of drug-likeness (QED) is 0.932. The van der Waals surface area contributed by atoms with Gasteiger partial charge in [-0.15, -0.1) is 11.3 Å². The monoisotopic (exact) mass is 313 g/mol. The Morgan fingerprint density at radius 2 is 2.05 bits per heavy atom. The molecule has 1 aromatic heterocycles. The number of halogens is 3. The van der Waals surface area contributed by atoms with Crippen LogP contribution in [-0.4, -0.2) is 20.6 Å². The molecule has 0 amide bonds. The van der Waals surface area contributed by atoms with E-state index in [1.54, 1.807) is 11.4 Å². The zero-order valence-corrected chi connectivity index (χ0v) is 11.6. The topological polar surface area (TPSA) is 46.2 Å². The number of thiophene rings is 1. The van der Waals surface area contributed by atoms with Crippen LogP contribution in [0.25, 0.3) is 0 Å². The Balaban J connectivity index is 2.04. The smallest absolute Gasteiger partial charge is 0.207 e. The summed E-state index contributed by atoms with van der Waals surface area (Å²) in [6, 6.07) is 2.41. The zero-order valence-electron chi connectivity index (χ0n) is 9.98. The first-order chi connectivity index (χ1) is 8.79. The van der Waals surface area contributed by atoms with Crippen LogP contribution in [-0.2, 0) is 10.0 Å². The Labute approximate surface area is 113 Å². The number of hydrogen-bond donors (Lipinski definition) is 1. The fourth-order valence-corrected chi connectivity index (χ4v) is 4.58. The summed E-state index contributed by atoms with van der Waals surface area (Å²) < 4.78 is 64.3. The molecule has 0 aliphatic heterocycles. The van der Waals surface area contributed by atoms with E-state index in [4.69, 9.17) is 0 Å². The van der Waals surface area contributed by atoms with Gasteiger partial charge in [0.25, 0.3) is 0 Å². The first kappa shape index (κ1) is 14.8. The van der Waals surface area contributed by atoms with E-state index >= 15 is 0 Å². The minimum absolute atomic E-state index is 0.0841. The van der Waals surface area contributed by atoms with E-state index in [1.807, 2.05) is 0 Å². The van der Waals surface area contributed by atoms with Crippen LogP contribution >= 0.6 is 11.3 Å². The molecule has 108 valence electrons. The third-order valence-corrected chi connectivity index (χ3v) is 6.14. The zero-order chi connectivity index (χ0) is 14.1. The highest BCUT2D eigenvalue weighted by Gasteiger charge is 2.42. The lowest BCUT2D eigenvalue weighted by Crippen LogP contribution is -2.41. The third-order valence-electron chi connectivity index (χ3n) is 3.22. The van der Waals surface area contributed by atoms with Crippen LogP contribution in [0, 0.1) is 5.92 Å². The van der Waals surface area contributed by atoms with Crippen molar-refractivity contribution in [1.29, 1.82) is 0 Å². The molecule has 0 unspecified atom stereocenters. The second kappa shape index (κ2) is 5.41. The molecule has 1 heterocycles. The summed E-state index contributed by atoms with van der Waals surface area (Å²) in [6.07, 6.45) is -3.49. The van der Waals surface area contributed by atoms with Crippen LogP contribution in [0.3, 0.4) is 0 Å². The van der Waals surface area contributed by atoms with Crippen molar-refractivity contribution < 1.29 is 21.6 Å². The maximum atomic E-state index is 12.6. The minimum Gasteiger partial charge on any atom is -0.207 e. The van der Waals surface area contributed by atoms with Crippen LogP contribution in [0.2, 0.25) is 0 Å². The molecule has 19 heavy (non-hydrogen) atoms. The Hall–Kier alpha value is -0.600. The molecule has 0 aromatic carbocycles. The highest BCUT2D eigenvalue weighted by Crippen LogP contribution is 2.37. The molecule has 1 aliphatic carbocycles. The van der Waals surface area contributed by atoms with Crippen LogP contribution in [0.4, 0.5) is 13.2 Å². The van der Waals surface area contributed by atoms with Crippen molar-refractivity contribution in [1.82, 2.24) is 4.72 Å². The van der Waals surface area contributed by atoms with E-state index in [2.05, 4.69) is 4.72 Å². The summed E-state index contributed by atoms with van der Waals surface area (Å²) in [5.41, 5.74) is 0. The molecule has 1 N–H and O–H groups in total. The molecule has 0 spiro atoms. The molecule has 2 atom stereocenters. The molecule has 0 radical (unpaired) electrons. The van der Waals surface area contributed by atoms with E-state index < -0.39 is 28.2 Å².